The van der Waals surface area contributed by atoms with Gasteiger partial charge in [-0.3, -0.25) is 0 Å². The Bertz CT molecular complexity index is 262. The van der Waals surface area contributed by atoms with E-state index in [0.717, 1.165) is 13.0 Å². The van der Waals surface area contributed by atoms with E-state index in [0.29, 0.717) is 6.10 Å². The fourth-order valence-electron chi connectivity index (χ4n) is 2.86. The van der Waals surface area contributed by atoms with Crippen molar-refractivity contribution >= 4 is 22.6 Å². The zero-order valence-electron chi connectivity index (χ0n) is 14.4. The predicted octanol–water partition coefficient (Wildman–Crippen LogP) is 6.42. The molecule has 22 heavy (non-hydrogen) atoms. The van der Waals surface area contributed by atoms with Crippen molar-refractivity contribution < 1.29 is 9.47 Å². The first-order valence-electron chi connectivity index (χ1n) is 9.34. The maximum Gasteiger partial charge on any atom is 0.157 e. The van der Waals surface area contributed by atoms with E-state index in [4.69, 9.17) is 9.47 Å². The van der Waals surface area contributed by atoms with E-state index in [1.54, 1.807) is 0 Å². The summed E-state index contributed by atoms with van der Waals surface area (Å²) in [5, 5.41) is 0. The summed E-state index contributed by atoms with van der Waals surface area (Å²) in [4.78, 5) is 0. The normalized spacial score (nSPS) is 20.5. The lowest BCUT2D eigenvalue weighted by Crippen LogP contribution is -2.28. The SMILES string of the molecule is CCCC(CCCC/C=C\CCCCI)OC1CCCCO1. The van der Waals surface area contributed by atoms with Crippen molar-refractivity contribution in [3.8, 4) is 0 Å². The summed E-state index contributed by atoms with van der Waals surface area (Å²) in [6, 6.07) is 0. The molecule has 3 heteroatoms. The van der Waals surface area contributed by atoms with Crippen LogP contribution in [0, 0.1) is 0 Å². The standard InChI is InChI=1S/C19H35IO2/c1-2-13-18(22-19-15-10-12-17-21-19)14-9-7-5-3-4-6-8-11-16-20/h3-4,18-19H,2,5-17H2,1H3/b4-3-. The van der Waals surface area contributed by atoms with Gasteiger partial charge in [-0.1, -0.05) is 54.5 Å². The Hall–Kier alpha value is 0.390. The minimum atomic E-state index is 0.0723. The quantitative estimate of drug-likeness (QED) is 0.148. The summed E-state index contributed by atoms with van der Waals surface area (Å²) in [6.45, 7) is 3.13. The van der Waals surface area contributed by atoms with Gasteiger partial charge in [-0.25, -0.2) is 0 Å². The number of ether oxygens (including phenoxy) is 2. The molecule has 1 rings (SSSR count). The van der Waals surface area contributed by atoms with Crippen LogP contribution in [0.25, 0.3) is 0 Å². The maximum absolute atomic E-state index is 6.16. The Kier molecular flexibility index (Phi) is 13.9. The van der Waals surface area contributed by atoms with Gasteiger partial charge in [0.15, 0.2) is 6.29 Å². The molecule has 2 unspecified atom stereocenters. The van der Waals surface area contributed by atoms with Crippen molar-refractivity contribution in [3.05, 3.63) is 12.2 Å². The number of alkyl halides is 1. The molecule has 0 amide bonds. The van der Waals surface area contributed by atoms with E-state index in [9.17, 15) is 0 Å². The summed E-state index contributed by atoms with van der Waals surface area (Å²) in [5.41, 5.74) is 0. The maximum atomic E-state index is 6.16. The topological polar surface area (TPSA) is 18.5 Å². The van der Waals surface area contributed by atoms with Gasteiger partial charge in [-0.05, 0) is 68.6 Å². The average Bonchev–Trinajstić information content (AvgIpc) is 2.54. The minimum absolute atomic E-state index is 0.0723. The van der Waals surface area contributed by atoms with E-state index in [1.165, 1.54) is 75.1 Å². The highest BCUT2D eigenvalue weighted by atomic mass is 127. The van der Waals surface area contributed by atoms with Crippen LogP contribution in [0.15, 0.2) is 12.2 Å². The number of allylic oxidation sites excluding steroid dienone is 2. The molecule has 0 radical (unpaired) electrons. The first-order chi connectivity index (χ1) is 10.9. The molecule has 0 saturated carbocycles. The van der Waals surface area contributed by atoms with Crippen LogP contribution in [0.1, 0.15) is 84.0 Å². The molecule has 0 bridgehead atoms. The van der Waals surface area contributed by atoms with Crippen LogP contribution in [0.2, 0.25) is 0 Å². The molecule has 1 aliphatic rings. The second-order valence-electron chi connectivity index (χ2n) is 6.28. The number of hydrogen-bond donors (Lipinski definition) is 0. The van der Waals surface area contributed by atoms with Crippen molar-refractivity contribution in [2.24, 2.45) is 0 Å². The number of halogens is 1. The Morgan fingerprint density at radius 1 is 1.09 bits per heavy atom. The summed E-state index contributed by atoms with van der Waals surface area (Å²) >= 11 is 2.45. The number of unbranched alkanes of at least 4 members (excludes halogenated alkanes) is 4. The van der Waals surface area contributed by atoms with Gasteiger partial charge < -0.3 is 9.47 Å². The van der Waals surface area contributed by atoms with Crippen molar-refractivity contribution in [1.29, 1.82) is 0 Å². The first-order valence-corrected chi connectivity index (χ1v) is 10.9. The van der Waals surface area contributed by atoms with Crippen molar-refractivity contribution in [3.63, 3.8) is 0 Å². The lowest BCUT2D eigenvalue weighted by molar-refractivity contribution is -0.190. The smallest absolute Gasteiger partial charge is 0.157 e. The largest absolute Gasteiger partial charge is 0.353 e. The van der Waals surface area contributed by atoms with Crippen LogP contribution in [0.5, 0.6) is 0 Å². The highest BCUT2D eigenvalue weighted by Gasteiger charge is 2.18. The summed E-state index contributed by atoms with van der Waals surface area (Å²) in [7, 11) is 0. The van der Waals surface area contributed by atoms with Gasteiger partial charge in [-0.15, -0.1) is 0 Å². The first kappa shape index (κ1) is 20.4. The zero-order valence-corrected chi connectivity index (χ0v) is 16.6. The van der Waals surface area contributed by atoms with Gasteiger partial charge in [-0.2, -0.15) is 0 Å². The van der Waals surface area contributed by atoms with Crippen molar-refractivity contribution in [1.82, 2.24) is 0 Å². The molecule has 0 aromatic heterocycles. The fourth-order valence-corrected chi connectivity index (χ4v) is 3.40. The molecule has 1 fully saturated rings. The highest BCUT2D eigenvalue weighted by molar-refractivity contribution is 14.1. The van der Waals surface area contributed by atoms with Crippen LogP contribution in [0.4, 0.5) is 0 Å². The zero-order chi connectivity index (χ0) is 15.9. The molecule has 0 spiro atoms. The average molecular weight is 422 g/mol. The molecule has 0 aromatic carbocycles. The second-order valence-corrected chi connectivity index (χ2v) is 7.36. The lowest BCUT2D eigenvalue weighted by Gasteiger charge is -2.27. The van der Waals surface area contributed by atoms with Crippen molar-refractivity contribution in [2.75, 3.05) is 11.0 Å². The number of hydrogen-bond acceptors (Lipinski definition) is 2. The molecule has 0 N–H and O–H groups in total. The van der Waals surface area contributed by atoms with Gasteiger partial charge >= 0.3 is 0 Å². The summed E-state index contributed by atoms with van der Waals surface area (Å²) in [6.07, 6.45) is 20.0. The minimum Gasteiger partial charge on any atom is -0.353 e. The van der Waals surface area contributed by atoms with Gasteiger partial charge in [0.2, 0.25) is 0 Å². The lowest BCUT2D eigenvalue weighted by atomic mass is 10.1. The Labute approximate surface area is 151 Å². The molecule has 1 aliphatic heterocycles. The van der Waals surface area contributed by atoms with Gasteiger partial charge in [0.1, 0.15) is 0 Å². The molecule has 1 saturated heterocycles. The third-order valence-corrected chi connectivity index (χ3v) is 4.92. The summed E-state index contributed by atoms with van der Waals surface area (Å²) in [5.74, 6) is 0. The molecular formula is C19H35IO2. The van der Waals surface area contributed by atoms with Crippen LogP contribution in [0.3, 0.4) is 0 Å². The van der Waals surface area contributed by atoms with E-state index in [2.05, 4.69) is 41.7 Å². The molecule has 1 heterocycles. The Morgan fingerprint density at radius 2 is 1.86 bits per heavy atom. The third kappa shape index (κ3) is 11.0. The fraction of sp³-hybridized carbons (Fsp3) is 0.895. The van der Waals surface area contributed by atoms with Gasteiger partial charge in [0.05, 0.1) is 6.10 Å². The Balaban J connectivity index is 2.05. The molecular weight excluding hydrogens is 387 g/mol. The van der Waals surface area contributed by atoms with E-state index < -0.39 is 0 Å². The van der Waals surface area contributed by atoms with E-state index >= 15 is 0 Å². The molecule has 0 aliphatic carbocycles. The van der Waals surface area contributed by atoms with Crippen LogP contribution in [-0.2, 0) is 9.47 Å². The van der Waals surface area contributed by atoms with Gasteiger partial charge in [0.25, 0.3) is 0 Å². The van der Waals surface area contributed by atoms with Crippen molar-refractivity contribution in [2.45, 2.75) is 96.4 Å². The van der Waals surface area contributed by atoms with Crippen LogP contribution in [-0.4, -0.2) is 23.4 Å². The summed E-state index contributed by atoms with van der Waals surface area (Å²) < 4.78 is 13.2. The van der Waals surface area contributed by atoms with Gasteiger partial charge in [0, 0.05) is 6.61 Å². The third-order valence-electron chi connectivity index (χ3n) is 4.16. The second kappa shape index (κ2) is 14.9. The molecule has 2 nitrogen and oxygen atoms in total. The molecule has 130 valence electrons. The van der Waals surface area contributed by atoms with Crippen LogP contribution < -0.4 is 0 Å². The predicted molar refractivity (Wildman–Crippen MR) is 104 cm³/mol. The monoisotopic (exact) mass is 422 g/mol. The highest BCUT2D eigenvalue weighted by Crippen LogP contribution is 2.20. The number of rotatable bonds is 13. The molecule has 2 atom stereocenters. The van der Waals surface area contributed by atoms with E-state index in [-0.39, 0.29) is 6.29 Å². The molecule has 0 aromatic rings. The Morgan fingerprint density at radius 3 is 2.50 bits per heavy atom. The van der Waals surface area contributed by atoms with Crippen LogP contribution >= 0.6 is 22.6 Å². The van der Waals surface area contributed by atoms with E-state index in [1.807, 2.05) is 0 Å².